The molecule has 0 bridgehead atoms. The zero-order chi connectivity index (χ0) is 29.3. The average Bonchev–Trinajstić information content (AvgIpc) is 3.34. The number of methoxy groups -OCH3 is 1. The Kier molecular flexibility index (Phi) is 7.08. The van der Waals surface area contributed by atoms with Gasteiger partial charge >= 0.3 is 0 Å². The first-order valence-electron chi connectivity index (χ1n) is 12.5. The highest BCUT2D eigenvalue weighted by Gasteiger charge is 2.24. The molecule has 6 N–H and O–H groups in total. The minimum Gasteiger partial charge on any atom is -0.495 e. The van der Waals surface area contributed by atoms with Crippen molar-refractivity contribution in [2.75, 3.05) is 23.5 Å². The van der Waals surface area contributed by atoms with Crippen molar-refractivity contribution in [3.8, 4) is 11.4 Å². The van der Waals surface area contributed by atoms with Crippen molar-refractivity contribution in [3.05, 3.63) is 100.0 Å². The Bertz CT molecular complexity index is 1850. The molecule has 0 unspecified atom stereocenters. The first kappa shape index (κ1) is 26.9. The predicted molar refractivity (Wildman–Crippen MR) is 153 cm³/mol. The number of carbonyl (C=O) groups excluding carboxylic acids is 2. The number of nitrogens with one attached hydrogen (secondary N) is 2. The molecule has 0 radical (unpaired) electrons. The van der Waals surface area contributed by atoms with Gasteiger partial charge in [-0.15, -0.1) is 0 Å². The Morgan fingerprint density at radius 3 is 2.54 bits per heavy atom. The second-order valence-corrected chi connectivity index (χ2v) is 9.21. The largest absolute Gasteiger partial charge is 0.495 e. The molecule has 1 atom stereocenters. The molecule has 13 heteroatoms. The summed E-state index contributed by atoms with van der Waals surface area (Å²) < 4.78 is 8.37. The highest BCUT2D eigenvalue weighted by atomic mass is 16.5. The van der Waals surface area contributed by atoms with Crippen LogP contribution in [0.4, 0.5) is 17.3 Å². The smallest absolute Gasteiger partial charge is 0.282 e. The summed E-state index contributed by atoms with van der Waals surface area (Å²) >= 11 is 0. The molecule has 5 aromatic rings. The van der Waals surface area contributed by atoms with E-state index in [1.807, 2.05) is 43.3 Å². The molecule has 2 amide bonds. The first-order valence-corrected chi connectivity index (χ1v) is 12.5. The minimum absolute atomic E-state index is 0.0580. The van der Waals surface area contributed by atoms with Gasteiger partial charge in [0.05, 0.1) is 24.5 Å². The van der Waals surface area contributed by atoms with Crippen LogP contribution in [0.5, 0.6) is 5.75 Å². The van der Waals surface area contributed by atoms with Crippen molar-refractivity contribution < 1.29 is 14.3 Å². The van der Waals surface area contributed by atoms with E-state index < -0.39 is 17.9 Å². The molecule has 0 aliphatic rings. The van der Waals surface area contributed by atoms with Gasteiger partial charge in [0.1, 0.15) is 34.8 Å². The lowest BCUT2D eigenvalue weighted by molar-refractivity contribution is 0.0996. The van der Waals surface area contributed by atoms with E-state index in [4.69, 9.17) is 21.3 Å². The quantitative estimate of drug-likeness (QED) is 0.224. The molecule has 13 nitrogen and oxygen atoms in total. The van der Waals surface area contributed by atoms with Crippen molar-refractivity contribution in [1.29, 1.82) is 0 Å². The molecule has 5 rings (SSSR count). The summed E-state index contributed by atoms with van der Waals surface area (Å²) in [6.45, 7) is 3.63. The number of hydrogen-bond donors (Lipinski definition) is 4. The third kappa shape index (κ3) is 5.03. The number of carbonyl (C=O) groups is 2. The number of nitrogens with two attached hydrogens (primary N) is 2. The van der Waals surface area contributed by atoms with Crippen LogP contribution in [-0.4, -0.2) is 43.1 Å². The van der Waals surface area contributed by atoms with Crippen LogP contribution in [0.1, 0.15) is 45.1 Å². The number of rotatable bonds is 8. The van der Waals surface area contributed by atoms with Gasteiger partial charge in [-0.1, -0.05) is 18.2 Å². The molecule has 0 fully saturated rings. The van der Waals surface area contributed by atoms with Crippen molar-refractivity contribution >= 4 is 34.7 Å². The molecule has 208 valence electrons. The predicted octanol–water partition coefficient (Wildman–Crippen LogP) is 2.70. The zero-order valence-corrected chi connectivity index (χ0v) is 22.5. The maximum Gasteiger partial charge on any atom is 0.282 e. The van der Waals surface area contributed by atoms with E-state index in [0.717, 1.165) is 5.56 Å². The van der Waals surface area contributed by atoms with Crippen LogP contribution in [0.2, 0.25) is 0 Å². The summed E-state index contributed by atoms with van der Waals surface area (Å²) in [5, 5.41) is 10.6. The van der Waals surface area contributed by atoms with E-state index in [2.05, 4.69) is 20.6 Å². The maximum atomic E-state index is 13.7. The molecule has 0 saturated carbocycles. The number of fused-ring (bicyclic) bond motifs is 1. The summed E-state index contributed by atoms with van der Waals surface area (Å²) in [4.78, 5) is 47.1. The molecule has 41 heavy (non-hydrogen) atoms. The Labute approximate surface area is 233 Å². The van der Waals surface area contributed by atoms with Gasteiger partial charge in [0.2, 0.25) is 5.91 Å². The van der Waals surface area contributed by atoms with E-state index in [1.54, 1.807) is 13.1 Å². The number of anilines is 3. The second-order valence-electron chi connectivity index (χ2n) is 9.21. The van der Waals surface area contributed by atoms with Gasteiger partial charge in [0, 0.05) is 11.8 Å². The highest BCUT2D eigenvalue weighted by molar-refractivity contribution is 6.11. The van der Waals surface area contributed by atoms with Crippen molar-refractivity contribution in [2.24, 2.45) is 5.73 Å². The fourth-order valence-corrected chi connectivity index (χ4v) is 4.48. The van der Waals surface area contributed by atoms with E-state index in [0.29, 0.717) is 22.8 Å². The van der Waals surface area contributed by atoms with Gasteiger partial charge in [0.25, 0.3) is 11.5 Å². The number of amides is 2. The molecule has 3 heterocycles. The van der Waals surface area contributed by atoms with Crippen molar-refractivity contribution in [3.63, 3.8) is 0 Å². The standard InChI is InChI=1S/C28H27N9O4/c1-15-11-12-36-22(15)28(40)37(18-7-5-4-6-8-18)26(35-36)16(2)33-25-21(23(29)31-14-32-25)27(39)34-19-13-17(24(30)38)9-10-20(19)41-3/h4-14,16H,1-3H3,(H2,30,38)(H,34,39)(H3,29,31,32,33)/t16-/m0/s1. The fraction of sp³-hybridized carbons (Fsp3) is 0.143. The number of aromatic nitrogens is 5. The summed E-state index contributed by atoms with van der Waals surface area (Å²) in [6, 6.07) is 14.7. The van der Waals surface area contributed by atoms with Gasteiger partial charge in [-0.2, -0.15) is 5.10 Å². The molecule has 0 saturated heterocycles. The van der Waals surface area contributed by atoms with Crippen LogP contribution in [0.3, 0.4) is 0 Å². The topological polar surface area (TPSA) is 185 Å². The van der Waals surface area contributed by atoms with Crippen LogP contribution in [-0.2, 0) is 0 Å². The molecule has 0 spiro atoms. The Hall–Kier alpha value is -5.72. The SMILES string of the molecule is COc1ccc(C(N)=O)cc1NC(=O)c1c(N)ncnc1N[C@@H](C)c1nn2ccc(C)c2c(=O)n1-c1ccccc1. The van der Waals surface area contributed by atoms with E-state index in [1.165, 1.54) is 40.7 Å². The first-order chi connectivity index (χ1) is 19.7. The lowest BCUT2D eigenvalue weighted by Gasteiger charge is -2.21. The normalized spacial score (nSPS) is 11.7. The van der Waals surface area contributed by atoms with Gasteiger partial charge < -0.3 is 26.8 Å². The minimum atomic E-state index is -0.672. The van der Waals surface area contributed by atoms with Crippen LogP contribution in [0.15, 0.2) is 71.9 Å². The highest BCUT2D eigenvalue weighted by Crippen LogP contribution is 2.29. The Balaban J connectivity index is 1.55. The maximum absolute atomic E-state index is 13.7. The molecule has 0 aliphatic heterocycles. The van der Waals surface area contributed by atoms with Crippen LogP contribution < -0.4 is 32.4 Å². The number of nitrogens with zero attached hydrogens (tertiary/aromatic N) is 5. The molecule has 0 aliphatic carbocycles. The third-order valence-electron chi connectivity index (χ3n) is 6.50. The van der Waals surface area contributed by atoms with E-state index in [-0.39, 0.29) is 34.0 Å². The molecular weight excluding hydrogens is 526 g/mol. The second kappa shape index (κ2) is 10.8. The Morgan fingerprint density at radius 1 is 1.07 bits per heavy atom. The van der Waals surface area contributed by atoms with Crippen molar-refractivity contribution in [1.82, 2.24) is 24.1 Å². The van der Waals surface area contributed by atoms with Gasteiger partial charge in [-0.05, 0) is 55.8 Å². The number of benzene rings is 2. The number of ether oxygens (including phenoxy) is 1. The van der Waals surface area contributed by atoms with E-state index >= 15 is 0 Å². The van der Waals surface area contributed by atoms with Gasteiger partial charge in [-0.3, -0.25) is 19.0 Å². The number of hydrogen-bond acceptors (Lipinski definition) is 9. The summed E-state index contributed by atoms with van der Waals surface area (Å²) in [6.07, 6.45) is 2.93. The van der Waals surface area contributed by atoms with E-state index in [9.17, 15) is 14.4 Å². The average molecular weight is 554 g/mol. The van der Waals surface area contributed by atoms with Crippen LogP contribution in [0, 0.1) is 6.92 Å². The van der Waals surface area contributed by atoms with Crippen LogP contribution in [0.25, 0.3) is 11.2 Å². The number of para-hydroxylation sites is 1. The summed E-state index contributed by atoms with van der Waals surface area (Å²) in [5.74, 6) is -0.666. The number of nitrogen functional groups attached to an aromatic ring is 1. The molecular formula is C28H27N9O4. The number of primary amides is 1. The summed E-state index contributed by atoms with van der Waals surface area (Å²) in [7, 11) is 1.42. The van der Waals surface area contributed by atoms with Crippen molar-refractivity contribution in [2.45, 2.75) is 19.9 Å². The Morgan fingerprint density at radius 2 is 1.83 bits per heavy atom. The van der Waals surface area contributed by atoms with Gasteiger partial charge in [-0.25, -0.2) is 14.5 Å². The molecule has 2 aromatic carbocycles. The lowest BCUT2D eigenvalue weighted by atomic mass is 10.1. The monoisotopic (exact) mass is 553 g/mol. The van der Waals surface area contributed by atoms with Gasteiger partial charge in [0.15, 0.2) is 5.82 Å². The van der Waals surface area contributed by atoms with Crippen LogP contribution >= 0.6 is 0 Å². The number of aryl methyl sites for hydroxylation is 1. The third-order valence-corrected chi connectivity index (χ3v) is 6.50. The summed E-state index contributed by atoms with van der Waals surface area (Å²) in [5.41, 5.74) is 13.5. The lowest BCUT2D eigenvalue weighted by Crippen LogP contribution is -2.30. The fourth-order valence-electron chi connectivity index (χ4n) is 4.48. The molecule has 3 aromatic heterocycles. The zero-order valence-electron chi connectivity index (χ0n) is 22.5.